The third kappa shape index (κ3) is 4.52. The van der Waals surface area contributed by atoms with Crippen LogP contribution in [0.2, 0.25) is 5.02 Å². The fraction of sp³-hybridized carbons (Fsp3) is 0.179. The van der Waals surface area contributed by atoms with Crippen LogP contribution in [0.1, 0.15) is 47.2 Å². The number of carbonyl (C=O) groups is 2. The molecule has 0 saturated carbocycles. The van der Waals surface area contributed by atoms with Crippen LogP contribution >= 0.6 is 11.6 Å². The molecule has 0 saturated heterocycles. The summed E-state index contributed by atoms with van der Waals surface area (Å²) in [5, 5.41) is 19.9. The molecule has 0 radical (unpaired) electrons. The van der Waals surface area contributed by atoms with E-state index in [0.29, 0.717) is 28.4 Å². The largest absolute Gasteiger partial charge is 0.477 e. The van der Waals surface area contributed by atoms with E-state index in [2.05, 4.69) is 15.2 Å². The summed E-state index contributed by atoms with van der Waals surface area (Å²) < 4.78 is 3.30. The van der Waals surface area contributed by atoms with E-state index in [1.807, 2.05) is 63.4 Å². The summed E-state index contributed by atoms with van der Waals surface area (Å²) in [6.45, 7) is 5.51. The van der Waals surface area contributed by atoms with E-state index < -0.39 is 5.97 Å². The van der Waals surface area contributed by atoms with Crippen molar-refractivity contribution >= 4 is 34.9 Å². The molecule has 0 fully saturated rings. The average Bonchev–Trinajstić information content (AvgIpc) is 3.51. The van der Waals surface area contributed by atoms with Gasteiger partial charge in [-0.25, -0.2) is 19.0 Å². The van der Waals surface area contributed by atoms with Crippen LogP contribution in [-0.2, 0) is 6.42 Å². The lowest BCUT2D eigenvalue weighted by atomic mass is 10.1. The topological polar surface area (TPSA) is 106 Å². The van der Waals surface area contributed by atoms with E-state index in [4.69, 9.17) is 11.6 Å². The van der Waals surface area contributed by atoms with E-state index in [1.165, 1.54) is 4.90 Å². The molecule has 5 rings (SSSR count). The van der Waals surface area contributed by atoms with E-state index in [-0.39, 0.29) is 23.3 Å². The van der Waals surface area contributed by atoms with Crippen LogP contribution in [0, 0.1) is 0 Å². The smallest absolute Gasteiger partial charge is 0.341 e. The minimum absolute atomic E-state index is 0.000912. The maximum atomic E-state index is 13.5. The number of hydrogen-bond donors (Lipinski definition) is 1. The van der Waals surface area contributed by atoms with Gasteiger partial charge in [-0.1, -0.05) is 30.7 Å². The summed E-state index contributed by atoms with van der Waals surface area (Å²) in [5.41, 5.74) is 3.93. The molecule has 0 aliphatic carbocycles. The molecule has 1 amide bonds. The molecule has 3 aromatic heterocycles. The van der Waals surface area contributed by atoms with E-state index >= 15 is 0 Å². The van der Waals surface area contributed by atoms with Crippen molar-refractivity contribution in [1.29, 1.82) is 0 Å². The number of nitrogens with zero attached hydrogens (tertiary/aromatic N) is 6. The quantitative estimate of drug-likeness (QED) is 0.297. The fourth-order valence-electron chi connectivity index (χ4n) is 4.42. The molecule has 0 aliphatic rings. The molecule has 0 aliphatic heterocycles. The maximum absolute atomic E-state index is 13.5. The molecule has 9 nitrogen and oxygen atoms in total. The van der Waals surface area contributed by atoms with Gasteiger partial charge in [0.05, 0.1) is 17.1 Å². The molecule has 1 N–H and O–H groups in total. The van der Waals surface area contributed by atoms with Gasteiger partial charge in [-0.05, 0) is 62.7 Å². The van der Waals surface area contributed by atoms with Crippen molar-refractivity contribution < 1.29 is 14.7 Å². The molecule has 10 heteroatoms. The van der Waals surface area contributed by atoms with Crippen molar-refractivity contribution in [3.05, 3.63) is 94.9 Å². The van der Waals surface area contributed by atoms with Gasteiger partial charge in [0.25, 0.3) is 5.91 Å². The average molecular weight is 529 g/mol. The first-order valence-corrected chi connectivity index (χ1v) is 12.5. The lowest BCUT2D eigenvalue weighted by molar-refractivity contribution is 0.0696. The number of aromatic carboxylic acids is 1. The molecule has 3 heterocycles. The highest BCUT2D eigenvalue weighted by atomic mass is 35.5. The van der Waals surface area contributed by atoms with Crippen molar-refractivity contribution in [3.63, 3.8) is 0 Å². The number of anilines is 1. The molecule has 192 valence electrons. The number of carboxylic acids is 1. The number of fused-ring (bicyclic) bond motifs is 1. The fourth-order valence-corrected chi connectivity index (χ4v) is 4.55. The van der Waals surface area contributed by atoms with Crippen LogP contribution in [0.15, 0.2) is 73.1 Å². The zero-order valence-electron chi connectivity index (χ0n) is 21.0. The Morgan fingerprint density at radius 2 is 1.76 bits per heavy atom. The molecular formula is C28H25ClN6O3. The van der Waals surface area contributed by atoms with Crippen LogP contribution in [0.5, 0.6) is 0 Å². The zero-order valence-corrected chi connectivity index (χ0v) is 21.8. The second-order valence-corrected chi connectivity index (χ2v) is 9.43. The number of benzene rings is 2. The van der Waals surface area contributed by atoms with Crippen LogP contribution in [-0.4, -0.2) is 47.4 Å². The normalized spacial score (nSPS) is 11.3. The summed E-state index contributed by atoms with van der Waals surface area (Å²) in [4.78, 5) is 31.7. The molecule has 0 spiro atoms. The number of aromatic nitrogens is 5. The minimum atomic E-state index is -1.15. The molecule has 38 heavy (non-hydrogen) atoms. The van der Waals surface area contributed by atoms with Crippen molar-refractivity contribution in [2.45, 2.75) is 33.2 Å². The first-order valence-electron chi connectivity index (χ1n) is 12.1. The van der Waals surface area contributed by atoms with Crippen molar-refractivity contribution in [2.24, 2.45) is 0 Å². The Labute approximate surface area is 223 Å². The lowest BCUT2D eigenvalue weighted by Gasteiger charge is -2.25. The van der Waals surface area contributed by atoms with Gasteiger partial charge in [0.15, 0.2) is 11.5 Å². The lowest BCUT2D eigenvalue weighted by Crippen LogP contribution is -2.38. The van der Waals surface area contributed by atoms with E-state index in [1.54, 1.807) is 39.7 Å². The van der Waals surface area contributed by atoms with Gasteiger partial charge in [0.2, 0.25) is 0 Å². The summed E-state index contributed by atoms with van der Waals surface area (Å²) in [5.74, 6) is -1.41. The summed E-state index contributed by atoms with van der Waals surface area (Å²) in [7, 11) is 0. The number of amides is 1. The highest BCUT2D eigenvalue weighted by Gasteiger charge is 2.32. The Balaban J connectivity index is 1.58. The second kappa shape index (κ2) is 10.1. The number of carbonyl (C=O) groups excluding carboxylic acids is 1. The predicted molar refractivity (Wildman–Crippen MR) is 145 cm³/mol. The zero-order chi connectivity index (χ0) is 27.0. The van der Waals surface area contributed by atoms with Crippen LogP contribution in [0.3, 0.4) is 0 Å². The Hall–Kier alpha value is -4.50. The second-order valence-electron chi connectivity index (χ2n) is 8.99. The van der Waals surface area contributed by atoms with Crippen molar-refractivity contribution in [1.82, 2.24) is 24.4 Å². The summed E-state index contributed by atoms with van der Waals surface area (Å²) in [6.07, 6.45) is 3.94. The van der Waals surface area contributed by atoms with E-state index in [9.17, 15) is 14.7 Å². The first kappa shape index (κ1) is 25.2. The van der Waals surface area contributed by atoms with Crippen molar-refractivity contribution in [2.75, 3.05) is 4.90 Å². The van der Waals surface area contributed by atoms with Crippen LogP contribution < -0.4 is 4.90 Å². The summed E-state index contributed by atoms with van der Waals surface area (Å²) >= 11 is 6.00. The molecule has 0 unspecified atom stereocenters. The van der Waals surface area contributed by atoms with Gasteiger partial charge in [-0.15, -0.1) is 5.10 Å². The predicted octanol–water partition coefficient (Wildman–Crippen LogP) is 5.55. The standard InChI is InChI=1S/C28H25ClN6O3/c1-4-23-25(28(37)38)26(34(17(2)3)27(36)19-6-10-20(29)11-7-19)32-35(23)21-12-8-18(9-13-21)22-16-24-30-14-5-15-33(24)31-22/h5-17H,4H2,1-3H3,(H,37,38). The molecule has 2 aromatic carbocycles. The van der Waals surface area contributed by atoms with Crippen molar-refractivity contribution in [3.8, 4) is 16.9 Å². The number of carboxylic acid groups (broad SMARTS) is 1. The number of rotatable bonds is 7. The Bertz CT molecular complexity index is 1600. The monoisotopic (exact) mass is 528 g/mol. The summed E-state index contributed by atoms with van der Waals surface area (Å²) in [6, 6.07) is 17.4. The van der Waals surface area contributed by atoms with Crippen LogP contribution in [0.4, 0.5) is 5.82 Å². The van der Waals surface area contributed by atoms with Gasteiger partial charge in [0.1, 0.15) is 5.56 Å². The minimum Gasteiger partial charge on any atom is -0.477 e. The Morgan fingerprint density at radius 1 is 1.05 bits per heavy atom. The Kier molecular flexibility index (Phi) is 6.69. The van der Waals surface area contributed by atoms with E-state index in [0.717, 1.165) is 16.9 Å². The van der Waals surface area contributed by atoms with Gasteiger partial charge >= 0.3 is 5.97 Å². The highest BCUT2D eigenvalue weighted by Crippen LogP contribution is 2.30. The van der Waals surface area contributed by atoms with Gasteiger partial charge in [-0.3, -0.25) is 9.69 Å². The van der Waals surface area contributed by atoms with Gasteiger partial charge < -0.3 is 5.11 Å². The van der Waals surface area contributed by atoms with Gasteiger partial charge in [-0.2, -0.15) is 5.10 Å². The maximum Gasteiger partial charge on any atom is 0.341 e. The highest BCUT2D eigenvalue weighted by molar-refractivity contribution is 6.30. The Morgan fingerprint density at radius 3 is 2.37 bits per heavy atom. The molecule has 0 bridgehead atoms. The third-order valence-electron chi connectivity index (χ3n) is 6.21. The van der Waals surface area contributed by atoms with Gasteiger partial charge in [0, 0.05) is 40.7 Å². The molecular weight excluding hydrogens is 504 g/mol. The SMILES string of the molecule is CCc1c(C(=O)O)c(N(C(=O)c2ccc(Cl)cc2)C(C)C)nn1-c1ccc(-c2cc3ncccn3n2)cc1. The van der Waals surface area contributed by atoms with Crippen LogP contribution in [0.25, 0.3) is 22.6 Å². The molecule has 5 aromatic rings. The number of hydrogen-bond acceptors (Lipinski definition) is 5. The number of halogens is 1. The first-order chi connectivity index (χ1) is 18.3. The molecule has 0 atom stereocenters. The third-order valence-corrected chi connectivity index (χ3v) is 6.46.